The molecule has 1 unspecified atom stereocenters. The van der Waals surface area contributed by atoms with Crippen molar-refractivity contribution in [2.45, 2.75) is 37.8 Å². The Hall–Kier alpha value is -0.600. The minimum absolute atomic E-state index is 0.195. The molecule has 1 aliphatic carbocycles. The van der Waals surface area contributed by atoms with Crippen LogP contribution in [0.2, 0.25) is 0 Å². The van der Waals surface area contributed by atoms with Crippen molar-refractivity contribution in [3.8, 4) is 0 Å². The van der Waals surface area contributed by atoms with Crippen molar-refractivity contribution in [2.24, 2.45) is 5.73 Å². The molecule has 2 heteroatoms. The van der Waals surface area contributed by atoms with Crippen molar-refractivity contribution in [1.82, 2.24) is 4.90 Å². The van der Waals surface area contributed by atoms with Gasteiger partial charge in [-0.3, -0.25) is 4.90 Å². The maximum Gasteiger partial charge on any atom is 0.0917 e. The van der Waals surface area contributed by atoms with Crippen LogP contribution in [0.1, 0.15) is 32.1 Å². The van der Waals surface area contributed by atoms with E-state index in [1.165, 1.54) is 25.7 Å². The van der Waals surface area contributed by atoms with Crippen LogP contribution in [0.4, 0.5) is 0 Å². The zero-order chi connectivity index (χ0) is 9.86. The Bertz CT molecular complexity index is 237. The molecule has 0 saturated carbocycles. The molecule has 78 valence electrons. The summed E-state index contributed by atoms with van der Waals surface area (Å²) in [4.78, 5) is 2.44. The first kappa shape index (κ1) is 9.94. The second kappa shape index (κ2) is 4.28. The van der Waals surface area contributed by atoms with Gasteiger partial charge in [0.1, 0.15) is 0 Å². The SMILES string of the molecule is NC1(N2CCCCCC2)C=CC=CC1. The van der Waals surface area contributed by atoms with E-state index in [2.05, 4.69) is 29.2 Å². The molecule has 2 nitrogen and oxygen atoms in total. The lowest BCUT2D eigenvalue weighted by molar-refractivity contribution is 0.141. The molecule has 0 aromatic rings. The third kappa shape index (κ3) is 2.07. The summed E-state index contributed by atoms with van der Waals surface area (Å²) < 4.78 is 0. The van der Waals surface area contributed by atoms with Gasteiger partial charge in [0.15, 0.2) is 0 Å². The highest BCUT2D eigenvalue weighted by molar-refractivity contribution is 5.19. The second-order valence-electron chi connectivity index (χ2n) is 4.38. The molecule has 1 fully saturated rings. The van der Waals surface area contributed by atoms with Crippen LogP contribution in [-0.4, -0.2) is 23.7 Å². The molecule has 14 heavy (non-hydrogen) atoms. The van der Waals surface area contributed by atoms with E-state index < -0.39 is 0 Å². The summed E-state index contributed by atoms with van der Waals surface area (Å²) in [5.74, 6) is 0. The van der Waals surface area contributed by atoms with Crippen LogP contribution in [0.15, 0.2) is 24.3 Å². The highest BCUT2D eigenvalue weighted by Gasteiger charge is 2.29. The van der Waals surface area contributed by atoms with Crippen molar-refractivity contribution >= 4 is 0 Å². The van der Waals surface area contributed by atoms with Crippen molar-refractivity contribution in [3.63, 3.8) is 0 Å². The quantitative estimate of drug-likeness (QED) is 0.689. The highest BCUT2D eigenvalue weighted by Crippen LogP contribution is 2.23. The van der Waals surface area contributed by atoms with E-state index in [1.54, 1.807) is 0 Å². The smallest absolute Gasteiger partial charge is 0.0917 e. The van der Waals surface area contributed by atoms with E-state index in [-0.39, 0.29) is 5.66 Å². The van der Waals surface area contributed by atoms with Gasteiger partial charge in [0.25, 0.3) is 0 Å². The predicted octanol–water partition coefficient (Wildman–Crippen LogP) is 2.03. The van der Waals surface area contributed by atoms with Crippen molar-refractivity contribution in [2.75, 3.05) is 13.1 Å². The number of likely N-dealkylation sites (tertiary alicyclic amines) is 1. The van der Waals surface area contributed by atoms with Gasteiger partial charge in [-0.05, 0) is 18.9 Å². The average Bonchev–Trinajstić information content (AvgIpc) is 2.47. The second-order valence-corrected chi connectivity index (χ2v) is 4.38. The first-order valence-electron chi connectivity index (χ1n) is 5.70. The van der Waals surface area contributed by atoms with Gasteiger partial charge in [0.05, 0.1) is 5.66 Å². The Morgan fingerprint density at radius 3 is 2.29 bits per heavy atom. The lowest BCUT2D eigenvalue weighted by atomic mass is 9.99. The first-order chi connectivity index (χ1) is 6.81. The lowest BCUT2D eigenvalue weighted by Crippen LogP contribution is -2.55. The summed E-state index contributed by atoms with van der Waals surface area (Å²) in [5, 5.41) is 0. The maximum atomic E-state index is 6.39. The zero-order valence-corrected chi connectivity index (χ0v) is 8.78. The Kier molecular flexibility index (Phi) is 3.04. The summed E-state index contributed by atoms with van der Waals surface area (Å²) in [6.45, 7) is 2.32. The van der Waals surface area contributed by atoms with Gasteiger partial charge in [-0.25, -0.2) is 0 Å². The number of allylic oxidation sites excluding steroid dienone is 2. The Balaban J connectivity index is 2.04. The minimum atomic E-state index is -0.195. The summed E-state index contributed by atoms with van der Waals surface area (Å²) >= 11 is 0. The molecule has 0 aromatic carbocycles. The van der Waals surface area contributed by atoms with Crippen LogP contribution in [-0.2, 0) is 0 Å². The van der Waals surface area contributed by atoms with Gasteiger partial charge >= 0.3 is 0 Å². The largest absolute Gasteiger partial charge is 0.310 e. The monoisotopic (exact) mass is 192 g/mol. The lowest BCUT2D eigenvalue weighted by Gasteiger charge is -2.38. The molecule has 1 saturated heterocycles. The fraction of sp³-hybridized carbons (Fsp3) is 0.667. The third-order valence-corrected chi connectivity index (χ3v) is 3.27. The molecule has 1 atom stereocenters. The molecule has 0 spiro atoms. The Morgan fingerprint density at radius 1 is 1.00 bits per heavy atom. The number of nitrogens with zero attached hydrogens (tertiary/aromatic N) is 1. The molecule has 1 heterocycles. The molecule has 0 bridgehead atoms. The normalized spacial score (nSPS) is 34.4. The van der Waals surface area contributed by atoms with E-state index in [1.807, 2.05) is 0 Å². The van der Waals surface area contributed by atoms with E-state index in [0.29, 0.717) is 0 Å². The van der Waals surface area contributed by atoms with Crippen LogP contribution in [0.3, 0.4) is 0 Å². The first-order valence-corrected chi connectivity index (χ1v) is 5.70. The van der Waals surface area contributed by atoms with Crippen molar-refractivity contribution in [1.29, 1.82) is 0 Å². The summed E-state index contributed by atoms with van der Waals surface area (Å²) in [6, 6.07) is 0. The Morgan fingerprint density at radius 2 is 1.71 bits per heavy atom. The van der Waals surface area contributed by atoms with E-state index in [0.717, 1.165) is 19.5 Å². The topological polar surface area (TPSA) is 29.3 Å². The minimum Gasteiger partial charge on any atom is -0.310 e. The molecular formula is C12H20N2. The molecule has 0 radical (unpaired) electrons. The average molecular weight is 192 g/mol. The number of nitrogens with two attached hydrogens (primary N) is 1. The number of hydrogen-bond donors (Lipinski definition) is 1. The molecular weight excluding hydrogens is 172 g/mol. The number of rotatable bonds is 1. The fourth-order valence-corrected chi connectivity index (χ4v) is 2.35. The molecule has 1 aliphatic heterocycles. The molecule has 2 N–H and O–H groups in total. The van der Waals surface area contributed by atoms with E-state index >= 15 is 0 Å². The highest BCUT2D eigenvalue weighted by atomic mass is 15.3. The van der Waals surface area contributed by atoms with Gasteiger partial charge in [0, 0.05) is 19.5 Å². The molecule has 2 aliphatic rings. The van der Waals surface area contributed by atoms with Gasteiger partial charge in [-0.1, -0.05) is 31.1 Å². The summed E-state index contributed by atoms with van der Waals surface area (Å²) in [7, 11) is 0. The Labute approximate surface area is 86.5 Å². The van der Waals surface area contributed by atoms with Gasteiger partial charge in [-0.2, -0.15) is 0 Å². The molecule has 2 rings (SSSR count). The standard InChI is InChI=1S/C12H20N2/c13-12(8-4-3-5-9-12)14-10-6-1-2-7-11-14/h3-5,8H,1-2,6-7,9-11,13H2. The maximum absolute atomic E-state index is 6.39. The van der Waals surface area contributed by atoms with Gasteiger partial charge in [0.2, 0.25) is 0 Å². The van der Waals surface area contributed by atoms with Gasteiger partial charge in [-0.15, -0.1) is 0 Å². The summed E-state index contributed by atoms with van der Waals surface area (Å²) in [5.41, 5.74) is 6.20. The van der Waals surface area contributed by atoms with Crippen LogP contribution >= 0.6 is 0 Å². The number of hydrogen-bond acceptors (Lipinski definition) is 2. The van der Waals surface area contributed by atoms with Crippen LogP contribution in [0.5, 0.6) is 0 Å². The van der Waals surface area contributed by atoms with E-state index in [9.17, 15) is 0 Å². The predicted molar refractivity (Wildman–Crippen MR) is 59.9 cm³/mol. The molecule has 0 amide bonds. The van der Waals surface area contributed by atoms with E-state index in [4.69, 9.17) is 5.73 Å². The fourth-order valence-electron chi connectivity index (χ4n) is 2.35. The van der Waals surface area contributed by atoms with Gasteiger partial charge < -0.3 is 5.73 Å². The third-order valence-electron chi connectivity index (χ3n) is 3.27. The van der Waals surface area contributed by atoms with Crippen molar-refractivity contribution in [3.05, 3.63) is 24.3 Å². The van der Waals surface area contributed by atoms with Crippen LogP contribution < -0.4 is 5.73 Å². The van der Waals surface area contributed by atoms with Crippen LogP contribution in [0, 0.1) is 0 Å². The summed E-state index contributed by atoms with van der Waals surface area (Å²) in [6.07, 6.45) is 14.8. The van der Waals surface area contributed by atoms with Crippen molar-refractivity contribution < 1.29 is 0 Å². The molecule has 0 aromatic heterocycles. The zero-order valence-electron chi connectivity index (χ0n) is 8.78. The van der Waals surface area contributed by atoms with Crippen LogP contribution in [0.25, 0.3) is 0 Å².